The summed E-state index contributed by atoms with van der Waals surface area (Å²) in [5, 5.41) is 0.376. The summed E-state index contributed by atoms with van der Waals surface area (Å²) in [6.07, 6.45) is 0. The van der Waals surface area contributed by atoms with Gasteiger partial charge in [-0.25, -0.2) is 0 Å². The molecule has 2 N–H and O–H groups in total. The Hall–Kier alpha value is -0.870. The van der Waals surface area contributed by atoms with Gasteiger partial charge in [0.25, 0.3) is 0 Å². The molecular weight excluding hydrogens is 215 g/mol. The van der Waals surface area contributed by atoms with Gasteiger partial charge in [-0.2, -0.15) is 4.98 Å². The van der Waals surface area contributed by atoms with Crippen molar-refractivity contribution in [3.8, 4) is 11.8 Å². The Kier molecular flexibility index (Phi) is 3.06. The van der Waals surface area contributed by atoms with Crippen molar-refractivity contribution in [1.82, 2.24) is 4.98 Å². The number of hydrogen-bond acceptors (Lipinski definition) is 4. The Bertz CT molecular complexity index is 303. The zero-order valence-electron chi connectivity index (χ0n) is 7.10. The molecule has 0 fully saturated rings. The van der Waals surface area contributed by atoms with Crippen LogP contribution < -0.4 is 15.2 Å². The third kappa shape index (κ3) is 1.73. The summed E-state index contributed by atoms with van der Waals surface area (Å²) in [4.78, 5) is 3.88. The van der Waals surface area contributed by atoms with Crippen molar-refractivity contribution >= 4 is 28.9 Å². The maximum absolute atomic E-state index is 5.78. The number of anilines is 1. The van der Waals surface area contributed by atoms with Crippen LogP contribution in [0, 0.1) is 0 Å². The molecule has 0 saturated carbocycles. The van der Waals surface area contributed by atoms with Gasteiger partial charge >= 0.3 is 0 Å². The van der Waals surface area contributed by atoms with Gasteiger partial charge in [-0.05, 0) is 0 Å². The van der Waals surface area contributed by atoms with Crippen LogP contribution in [0.4, 0.5) is 5.69 Å². The first-order valence-corrected chi connectivity index (χ1v) is 4.09. The SMILES string of the molecule is COc1nc(OC)c(Cl)c(N)c1Cl. The molecule has 6 heteroatoms. The van der Waals surface area contributed by atoms with Crippen LogP contribution in [0.5, 0.6) is 11.8 Å². The molecule has 4 nitrogen and oxygen atoms in total. The Balaban J connectivity index is 3.36. The van der Waals surface area contributed by atoms with Crippen LogP contribution >= 0.6 is 23.2 Å². The van der Waals surface area contributed by atoms with E-state index >= 15 is 0 Å². The van der Waals surface area contributed by atoms with Gasteiger partial charge < -0.3 is 15.2 Å². The predicted octanol–water partition coefficient (Wildman–Crippen LogP) is 1.99. The van der Waals surface area contributed by atoms with Gasteiger partial charge in [0.05, 0.1) is 19.9 Å². The molecule has 0 aliphatic rings. The summed E-state index contributed by atoms with van der Waals surface area (Å²) in [5.74, 6) is 0.390. The second kappa shape index (κ2) is 3.89. The molecule has 0 radical (unpaired) electrons. The molecule has 1 aromatic rings. The van der Waals surface area contributed by atoms with Crippen LogP contribution in [-0.2, 0) is 0 Å². The summed E-state index contributed by atoms with van der Waals surface area (Å²) >= 11 is 11.6. The van der Waals surface area contributed by atoms with E-state index in [0.29, 0.717) is 0 Å². The van der Waals surface area contributed by atoms with Crippen molar-refractivity contribution < 1.29 is 9.47 Å². The first-order chi connectivity index (χ1) is 6.11. The van der Waals surface area contributed by atoms with E-state index in [0.717, 1.165) is 0 Å². The highest BCUT2D eigenvalue weighted by atomic mass is 35.5. The first-order valence-electron chi connectivity index (χ1n) is 3.34. The number of ether oxygens (including phenoxy) is 2. The highest BCUT2D eigenvalue weighted by Gasteiger charge is 2.15. The van der Waals surface area contributed by atoms with Crippen molar-refractivity contribution in [2.75, 3.05) is 20.0 Å². The third-order valence-electron chi connectivity index (χ3n) is 1.44. The largest absolute Gasteiger partial charge is 0.480 e. The molecule has 13 heavy (non-hydrogen) atoms. The monoisotopic (exact) mass is 222 g/mol. The quantitative estimate of drug-likeness (QED) is 0.832. The fraction of sp³-hybridized carbons (Fsp3) is 0.286. The molecular formula is C7H8Cl2N2O2. The summed E-state index contributed by atoms with van der Waals surface area (Å²) in [7, 11) is 2.86. The minimum absolute atomic E-state index is 0.188. The average Bonchev–Trinajstić information content (AvgIpc) is 2.15. The summed E-state index contributed by atoms with van der Waals surface area (Å²) < 4.78 is 9.72. The summed E-state index contributed by atoms with van der Waals surface area (Å²) in [6, 6.07) is 0. The fourth-order valence-electron chi connectivity index (χ4n) is 0.788. The molecule has 1 aromatic heterocycles. The minimum Gasteiger partial charge on any atom is -0.480 e. The average molecular weight is 223 g/mol. The fourth-order valence-corrected chi connectivity index (χ4v) is 1.26. The van der Waals surface area contributed by atoms with E-state index in [-0.39, 0.29) is 27.5 Å². The van der Waals surface area contributed by atoms with Crippen molar-refractivity contribution in [2.24, 2.45) is 0 Å². The molecule has 0 atom stereocenters. The molecule has 1 heterocycles. The lowest BCUT2D eigenvalue weighted by atomic mass is 10.4. The maximum Gasteiger partial charge on any atom is 0.237 e. The number of halogens is 2. The van der Waals surface area contributed by atoms with Gasteiger partial charge in [0.1, 0.15) is 10.0 Å². The molecule has 0 bridgehead atoms. The van der Waals surface area contributed by atoms with Crippen LogP contribution in [0.15, 0.2) is 0 Å². The maximum atomic E-state index is 5.78. The second-order valence-electron chi connectivity index (χ2n) is 2.17. The van der Waals surface area contributed by atoms with Gasteiger partial charge in [0.2, 0.25) is 11.8 Å². The lowest BCUT2D eigenvalue weighted by molar-refractivity contribution is 0.365. The predicted molar refractivity (Wildman–Crippen MR) is 51.8 cm³/mol. The van der Waals surface area contributed by atoms with E-state index in [1.54, 1.807) is 0 Å². The molecule has 0 spiro atoms. The van der Waals surface area contributed by atoms with E-state index < -0.39 is 0 Å². The highest BCUT2D eigenvalue weighted by Crippen LogP contribution is 2.39. The highest BCUT2D eigenvalue weighted by molar-refractivity contribution is 6.40. The normalized spacial score (nSPS) is 9.85. The van der Waals surface area contributed by atoms with E-state index in [4.69, 9.17) is 38.4 Å². The lowest BCUT2D eigenvalue weighted by Gasteiger charge is -2.09. The van der Waals surface area contributed by atoms with Crippen LogP contribution in [0.25, 0.3) is 0 Å². The number of nitrogen functional groups attached to an aromatic ring is 1. The molecule has 0 unspecified atom stereocenters. The van der Waals surface area contributed by atoms with Crippen LogP contribution in [0.3, 0.4) is 0 Å². The molecule has 0 amide bonds. The van der Waals surface area contributed by atoms with Crippen LogP contribution in [0.2, 0.25) is 10.0 Å². The van der Waals surface area contributed by atoms with Gasteiger partial charge in [0.15, 0.2) is 0 Å². The number of nitrogens with two attached hydrogens (primary N) is 1. The second-order valence-corrected chi connectivity index (χ2v) is 2.93. The third-order valence-corrected chi connectivity index (χ3v) is 2.17. The Labute approximate surface area is 85.6 Å². The van der Waals surface area contributed by atoms with Gasteiger partial charge in [-0.1, -0.05) is 23.2 Å². The lowest BCUT2D eigenvalue weighted by Crippen LogP contribution is -1.98. The zero-order chi connectivity index (χ0) is 10.0. The minimum atomic E-state index is 0.188. The van der Waals surface area contributed by atoms with Gasteiger partial charge in [-0.3, -0.25) is 0 Å². The Morgan fingerprint density at radius 2 is 1.46 bits per heavy atom. The van der Waals surface area contributed by atoms with Crippen molar-refractivity contribution in [3.63, 3.8) is 0 Å². The number of hydrogen-bond donors (Lipinski definition) is 1. The van der Waals surface area contributed by atoms with Crippen LogP contribution in [-0.4, -0.2) is 19.2 Å². The number of methoxy groups -OCH3 is 2. The van der Waals surface area contributed by atoms with Crippen molar-refractivity contribution in [1.29, 1.82) is 0 Å². The molecule has 0 aromatic carbocycles. The van der Waals surface area contributed by atoms with E-state index in [9.17, 15) is 0 Å². The molecule has 0 aliphatic heterocycles. The first kappa shape index (κ1) is 10.2. The van der Waals surface area contributed by atoms with E-state index in [1.165, 1.54) is 14.2 Å². The van der Waals surface area contributed by atoms with E-state index in [1.807, 2.05) is 0 Å². The summed E-state index contributed by atoms with van der Waals surface area (Å²) in [6.45, 7) is 0. The van der Waals surface area contributed by atoms with Crippen molar-refractivity contribution in [2.45, 2.75) is 0 Å². The smallest absolute Gasteiger partial charge is 0.237 e. The van der Waals surface area contributed by atoms with E-state index in [2.05, 4.69) is 4.98 Å². The molecule has 0 saturated heterocycles. The van der Waals surface area contributed by atoms with Crippen molar-refractivity contribution in [3.05, 3.63) is 10.0 Å². The Morgan fingerprint density at radius 1 is 1.08 bits per heavy atom. The van der Waals surface area contributed by atoms with Gasteiger partial charge in [0, 0.05) is 0 Å². The molecule has 1 rings (SSSR count). The number of nitrogens with zero attached hydrogens (tertiary/aromatic N) is 1. The zero-order valence-corrected chi connectivity index (χ0v) is 8.61. The van der Waals surface area contributed by atoms with Crippen LogP contribution in [0.1, 0.15) is 0 Å². The number of pyridine rings is 1. The molecule has 72 valence electrons. The number of rotatable bonds is 2. The Morgan fingerprint density at radius 3 is 1.77 bits per heavy atom. The molecule has 0 aliphatic carbocycles. The standard InChI is InChI=1S/C7H8Cl2N2O2/c1-12-6-3(8)5(10)4(9)7(11-6)13-2/h1-2H3,(H2,10,11). The van der Waals surface area contributed by atoms with Gasteiger partial charge in [-0.15, -0.1) is 0 Å². The topological polar surface area (TPSA) is 57.4 Å². The number of aromatic nitrogens is 1. The summed E-state index contributed by atoms with van der Waals surface area (Å²) in [5.41, 5.74) is 5.77.